The Morgan fingerprint density at radius 3 is 2.59 bits per heavy atom. The van der Waals surface area contributed by atoms with Crippen molar-refractivity contribution in [2.24, 2.45) is 5.92 Å². The smallest absolute Gasteiger partial charge is 0.263 e. The van der Waals surface area contributed by atoms with E-state index in [1.165, 1.54) is 31.0 Å². The van der Waals surface area contributed by atoms with Crippen LogP contribution in [0.15, 0.2) is 9.95 Å². The van der Waals surface area contributed by atoms with Gasteiger partial charge in [0.2, 0.25) is 5.91 Å². The molecule has 2 unspecified atom stereocenters. The summed E-state index contributed by atoms with van der Waals surface area (Å²) in [7, 11) is 0. The van der Waals surface area contributed by atoms with Crippen LogP contribution in [-0.4, -0.2) is 27.3 Å². The standard InChI is InChI=1S/C22H31N3O2S2/c1-13-8-4-7-11-17(13)23-18(26)12-28-22-24-20-19(14(2)15(3)29-20)21(27)25(22)16-9-5-6-10-16/h13,16-17H,4-12H2,1-3H3,(H,23,26). The second kappa shape index (κ2) is 8.80. The van der Waals surface area contributed by atoms with Crippen LogP contribution in [-0.2, 0) is 4.79 Å². The van der Waals surface area contributed by atoms with Crippen molar-refractivity contribution in [3.8, 4) is 0 Å². The number of aromatic nitrogens is 2. The van der Waals surface area contributed by atoms with Crippen LogP contribution >= 0.6 is 23.1 Å². The van der Waals surface area contributed by atoms with Gasteiger partial charge in [-0.25, -0.2) is 4.98 Å². The quantitative estimate of drug-likeness (QED) is 0.534. The number of thiophene rings is 1. The van der Waals surface area contributed by atoms with E-state index >= 15 is 0 Å². The van der Waals surface area contributed by atoms with E-state index < -0.39 is 0 Å². The minimum atomic E-state index is 0.0552. The average Bonchev–Trinajstić information content (AvgIpc) is 3.31. The topological polar surface area (TPSA) is 64.0 Å². The molecule has 0 spiro atoms. The molecule has 4 rings (SSSR count). The molecule has 1 N–H and O–H groups in total. The number of carbonyl (C=O) groups excluding carboxylic acids is 1. The number of hydrogen-bond acceptors (Lipinski definition) is 5. The summed E-state index contributed by atoms with van der Waals surface area (Å²) in [5.41, 5.74) is 1.13. The van der Waals surface area contributed by atoms with Gasteiger partial charge >= 0.3 is 0 Å². The van der Waals surface area contributed by atoms with Gasteiger partial charge in [-0.15, -0.1) is 11.3 Å². The molecule has 2 atom stereocenters. The van der Waals surface area contributed by atoms with Crippen LogP contribution in [0.3, 0.4) is 0 Å². The van der Waals surface area contributed by atoms with Crippen molar-refractivity contribution in [2.45, 2.75) is 89.4 Å². The summed E-state index contributed by atoms with van der Waals surface area (Å²) in [6.45, 7) is 6.29. The fourth-order valence-electron chi connectivity index (χ4n) is 4.78. The van der Waals surface area contributed by atoms with E-state index in [2.05, 4.69) is 12.2 Å². The molecule has 29 heavy (non-hydrogen) atoms. The second-order valence-electron chi connectivity index (χ2n) is 8.70. The lowest BCUT2D eigenvalue weighted by molar-refractivity contribution is -0.119. The first-order valence-electron chi connectivity index (χ1n) is 10.9. The second-order valence-corrected chi connectivity index (χ2v) is 10.8. The lowest BCUT2D eigenvalue weighted by atomic mass is 9.86. The maximum absolute atomic E-state index is 13.4. The maximum atomic E-state index is 13.4. The van der Waals surface area contributed by atoms with E-state index in [1.54, 1.807) is 11.3 Å². The van der Waals surface area contributed by atoms with Crippen molar-refractivity contribution in [3.63, 3.8) is 0 Å². The Kier molecular flexibility index (Phi) is 6.35. The predicted octanol–water partition coefficient (Wildman–Crippen LogP) is 4.98. The Morgan fingerprint density at radius 2 is 1.86 bits per heavy atom. The number of aryl methyl sites for hydroxylation is 2. The summed E-state index contributed by atoms with van der Waals surface area (Å²) in [6, 6.07) is 0.495. The lowest BCUT2D eigenvalue weighted by Gasteiger charge is -2.29. The molecule has 2 aliphatic carbocycles. The number of carbonyl (C=O) groups is 1. The maximum Gasteiger partial charge on any atom is 0.263 e. The molecule has 2 aromatic rings. The van der Waals surface area contributed by atoms with E-state index in [0.717, 1.165) is 52.8 Å². The van der Waals surface area contributed by atoms with Gasteiger partial charge in [-0.05, 0) is 51.0 Å². The van der Waals surface area contributed by atoms with Crippen molar-refractivity contribution in [1.82, 2.24) is 14.9 Å². The lowest BCUT2D eigenvalue weighted by Crippen LogP contribution is -2.42. The van der Waals surface area contributed by atoms with Crippen molar-refractivity contribution in [2.75, 3.05) is 5.75 Å². The fraction of sp³-hybridized carbons (Fsp3) is 0.682. The van der Waals surface area contributed by atoms with Crippen LogP contribution in [0.1, 0.15) is 74.8 Å². The number of thioether (sulfide) groups is 1. The molecule has 1 amide bonds. The predicted molar refractivity (Wildman–Crippen MR) is 121 cm³/mol. The Bertz CT molecular complexity index is 959. The molecule has 0 saturated heterocycles. The van der Waals surface area contributed by atoms with Gasteiger partial charge in [0.05, 0.1) is 11.1 Å². The SMILES string of the molecule is Cc1sc2nc(SCC(=O)NC3CCCCC3C)n(C3CCCC3)c(=O)c2c1C. The molecule has 158 valence electrons. The summed E-state index contributed by atoms with van der Waals surface area (Å²) in [5, 5.41) is 4.70. The summed E-state index contributed by atoms with van der Waals surface area (Å²) < 4.78 is 1.90. The highest BCUT2D eigenvalue weighted by Crippen LogP contribution is 2.34. The molecule has 7 heteroatoms. The Labute approximate surface area is 180 Å². The van der Waals surface area contributed by atoms with Gasteiger partial charge in [0, 0.05) is 17.0 Å². The zero-order valence-electron chi connectivity index (χ0n) is 17.6. The van der Waals surface area contributed by atoms with E-state index in [4.69, 9.17) is 4.98 Å². The molecule has 2 heterocycles. The first-order valence-corrected chi connectivity index (χ1v) is 12.7. The monoisotopic (exact) mass is 433 g/mol. The molecule has 0 aromatic carbocycles. The molecular weight excluding hydrogens is 402 g/mol. The van der Waals surface area contributed by atoms with Crippen LogP contribution < -0.4 is 10.9 Å². The van der Waals surface area contributed by atoms with E-state index in [-0.39, 0.29) is 23.6 Å². The molecular formula is C22H31N3O2S2. The van der Waals surface area contributed by atoms with Gasteiger partial charge in [0.1, 0.15) is 4.83 Å². The molecule has 2 aromatic heterocycles. The largest absolute Gasteiger partial charge is 0.352 e. The molecule has 2 saturated carbocycles. The van der Waals surface area contributed by atoms with E-state index in [0.29, 0.717) is 16.8 Å². The number of hydrogen-bond donors (Lipinski definition) is 1. The summed E-state index contributed by atoms with van der Waals surface area (Å²) in [6.07, 6.45) is 9.07. The van der Waals surface area contributed by atoms with Gasteiger partial charge in [-0.3, -0.25) is 14.2 Å². The summed E-state index contributed by atoms with van der Waals surface area (Å²) in [4.78, 5) is 32.8. The Morgan fingerprint density at radius 1 is 1.17 bits per heavy atom. The number of fused-ring (bicyclic) bond motifs is 1. The van der Waals surface area contributed by atoms with Crippen LogP contribution in [0.5, 0.6) is 0 Å². The number of nitrogens with one attached hydrogen (secondary N) is 1. The third-order valence-electron chi connectivity index (χ3n) is 6.68. The number of rotatable bonds is 5. The van der Waals surface area contributed by atoms with Crippen molar-refractivity contribution in [1.29, 1.82) is 0 Å². The van der Waals surface area contributed by atoms with Gasteiger partial charge in [-0.1, -0.05) is 44.4 Å². The van der Waals surface area contributed by atoms with Crippen molar-refractivity contribution < 1.29 is 4.79 Å². The molecule has 2 aliphatic rings. The molecule has 2 fully saturated rings. The fourth-order valence-corrected chi connectivity index (χ4v) is 6.73. The zero-order valence-corrected chi connectivity index (χ0v) is 19.3. The molecule has 0 radical (unpaired) electrons. The van der Waals surface area contributed by atoms with Crippen LogP contribution in [0.25, 0.3) is 10.2 Å². The highest BCUT2D eigenvalue weighted by Gasteiger charge is 2.26. The van der Waals surface area contributed by atoms with Gasteiger partial charge in [-0.2, -0.15) is 0 Å². The highest BCUT2D eigenvalue weighted by atomic mass is 32.2. The number of amides is 1. The number of nitrogens with zero attached hydrogens (tertiary/aromatic N) is 2. The van der Waals surface area contributed by atoms with Crippen LogP contribution in [0.2, 0.25) is 0 Å². The van der Waals surface area contributed by atoms with Gasteiger partial charge < -0.3 is 5.32 Å². The van der Waals surface area contributed by atoms with E-state index in [9.17, 15) is 9.59 Å². The normalized spacial score (nSPS) is 23.0. The van der Waals surface area contributed by atoms with Crippen molar-refractivity contribution in [3.05, 3.63) is 20.8 Å². The Hall–Kier alpha value is -1.34. The van der Waals surface area contributed by atoms with Crippen LogP contribution in [0, 0.1) is 19.8 Å². The first kappa shape index (κ1) is 20.9. The molecule has 0 aliphatic heterocycles. The van der Waals surface area contributed by atoms with Crippen molar-refractivity contribution >= 4 is 39.2 Å². The Balaban J connectivity index is 1.58. The zero-order chi connectivity index (χ0) is 20.5. The van der Waals surface area contributed by atoms with E-state index in [1.807, 2.05) is 18.4 Å². The molecule has 5 nitrogen and oxygen atoms in total. The van der Waals surface area contributed by atoms with Gasteiger partial charge in [0.25, 0.3) is 5.56 Å². The average molecular weight is 434 g/mol. The first-order chi connectivity index (χ1) is 14.0. The minimum absolute atomic E-state index is 0.0552. The highest BCUT2D eigenvalue weighted by molar-refractivity contribution is 7.99. The van der Waals surface area contributed by atoms with Crippen LogP contribution in [0.4, 0.5) is 0 Å². The molecule has 0 bridgehead atoms. The summed E-state index contributed by atoms with van der Waals surface area (Å²) >= 11 is 3.01. The minimum Gasteiger partial charge on any atom is -0.352 e. The third kappa shape index (κ3) is 4.26. The van der Waals surface area contributed by atoms with Gasteiger partial charge in [0.15, 0.2) is 5.16 Å². The third-order valence-corrected chi connectivity index (χ3v) is 8.74. The summed E-state index contributed by atoms with van der Waals surface area (Å²) in [5.74, 6) is 0.914.